The number of hydrogen-bond donors (Lipinski definition) is 2. The van der Waals surface area contributed by atoms with Crippen molar-refractivity contribution < 1.29 is 24.1 Å². The van der Waals surface area contributed by atoms with Gasteiger partial charge in [-0.05, 0) is 42.3 Å². The number of carbonyl (C=O) groups is 1. The molecule has 4 rings (SSSR count). The van der Waals surface area contributed by atoms with E-state index < -0.39 is 18.1 Å². The monoisotopic (exact) mass is 447 g/mol. The highest BCUT2D eigenvalue weighted by molar-refractivity contribution is 6.02. The van der Waals surface area contributed by atoms with E-state index in [0.717, 1.165) is 16.9 Å². The van der Waals surface area contributed by atoms with Crippen LogP contribution in [-0.4, -0.2) is 37.7 Å². The van der Waals surface area contributed by atoms with Crippen LogP contribution in [0.2, 0.25) is 0 Å². The van der Waals surface area contributed by atoms with Crippen molar-refractivity contribution in [3.05, 3.63) is 89.5 Å². The normalized spacial score (nSPS) is 19.2. The van der Waals surface area contributed by atoms with Crippen molar-refractivity contribution in [2.24, 2.45) is 5.92 Å². The summed E-state index contributed by atoms with van der Waals surface area (Å²) in [5, 5.41) is 14.1. The third-order valence-corrected chi connectivity index (χ3v) is 6.13. The number of nitrogens with one attached hydrogen (secondary N) is 1. The fourth-order valence-corrected chi connectivity index (χ4v) is 4.14. The molecular formula is C27H29NO5. The van der Waals surface area contributed by atoms with E-state index >= 15 is 0 Å². The number of fused-ring (bicyclic) bond motifs is 1. The van der Waals surface area contributed by atoms with Crippen molar-refractivity contribution in [1.82, 2.24) is 5.32 Å². The number of Topliss-reactive ketones (excluding diaryl/α,β-unsaturated/α-hetero) is 1. The first-order valence-electron chi connectivity index (χ1n) is 11.0. The van der Waals surface area contributed by atoms with Crippen molar-refractivity contribution in [3.63, 3.8) is 0 Å². The largest absolute Gasteiger partial charge is 0.497 e. The molecule has 0 saturated heterocycles. The molecule has 2 N–H and O–H groups in total. The van der Waals surface area contributed by atoms with Crippen LogP contribution in [0.5, 0.6) is 17.2 Å². The topological polar surface area (TPSA) is 77.0 Å². The molecule has 0 fully saturated rings. The van der Waals surface area contributed by atoms with Gasteiger partial charge < -0.3 is 24.6 Å². The average Bonchev–Trinajstić information content (AvgIpc) is 2.87. The van der Waals surface area contributed by atoms with Gasteiger partial charge in [-0.3, -0.25) is 4.79 Å². The molecule has 0 saturated carbocycles. The lowest BCUT2D eigenvalue weighted by Crippen LogP contribution is -2.43. The number of aliphatic hydroxyl groups excluding tert-OH is 1. The Bertz CT molecular complexity index is 1080. The molecule has 4 unspecified atom stereocenters. The molecule has 0 radical (unpaired) electrons. The van der Waals surface area contributed by atoms with Crippen LogP contribution in [0.4, 0.5) is 0 Å². The molecule has 1 aliphatic rings. The summed E-state index contributed by atoms with van der Waals surface area (Å²) in [7, 11) is 3.20. The summed E-state index contributed by atoms with van der Waals surface area (Å²) in [5.74, 6) is 1.40. The number of benzene rings is 3. The standard InChI is InChI=1S/C27H29NO5/c1-17(25(29)18-7-5-4-6-8-18)28-16-23-26(30)22-14-13-21(32-3)15-24(22)33-27(23)19-9-11-20(31-2)12-10-19/h4-15,17,23,25,27-29H,16H2,1-3H3. The summed E-state index contributed by atoms with van der Waals surface area (Å²) in [4.78, 5) is 13.5. The molecule has 33 heavy (non-hydrogen) atoms. The van der Waals surface area contributed by atoms with Gasteiger partial charge in [0.2, 0.25) is 0 Å². The molecule has 0 aliphatic carbocycles. The molecule has 6 heteroatoms. The van der Waals surface area contributed by atoms with Gasteiger partial charge in [-0.2, -0.15) is 0 Å². The maximum atomic E-state index is 13.5. The van der Waals surface area contributed by atoms with E-state index in [1.807, 2.05) is 61.5 Å². The molecule has 1 aliphatic heterocycles. The van der Waals surface area contributed by atoms with Gasteiger partial charge in [-0.1, -0.05) is 42.5 Å². The number of methoxy groups -OCH3 is 2. The van der Waals surface area contributed by atoms with Crippen LogP contribution in [0.25, 0.3) is 0 Å². The summed E-state index contributed by atoms with van der Waals surface area (Å²) >= 11 is 0. The Morgan fingerprint density at radius 3 is 2.30 bits per heavy atom. The minimum absolute atomic E-state index is 0.00591. The highest BCUT2D eigenvalue weighted by atomic mass is 16.5. The van der Waals surface area contributed by atoms with Crippen molar-refractivity contribution in [3.8, 4) is 17.2 Å². The number of hydrogen-bond acceptors (Lipinski definition) is 6. The van der Waals surface area contributed by atoms with E-state index in [9.17, 15) is 9.90 Å². The Hall–Kier alpha value is -3.35. The van der Waals surface area contributed by atoms with Gasteiger partial charge in [0.1, 0.15) is 23.4 Å². The van der Waals surface area contributed by atoms with Crippen molar-refractivity contribution in [2.45, 2.75) is 25.2 Å². The molecule has 1 heterocycles. The lowest BCUT2D eigenvalue weighted by Gasteiger charge is -2.34. The Morgan fingerprint density at radius 2 is 1.64 bits per heavy atom. The van der Waals surface area contributed by atoms with Crippen LogP contribution >= 0.6 is 0 Å². The van der Waals surface area contributed by atoms with Gasteiger partial charge in [-0.15, -0.1) is 0 Å². The fourth-order valence-electron chi connectivity index (χ4n) is 4.14. The highest BCUT2D eigenvalue weighted by Crippen LogP contribution is 2.40. The van der Waals surface area contributed by atoms with Crippen LogP contribution in [0.15, 0.2) is 72.8 Å². The summed E-state index contributed by atoms with van der Waals surface area (Å²) < 4.78 is 16.9. The molecule has 0 spiro atoms. The molecule has 3 aromatic carbocycles. The number of rotatable bonds is 8. The predicted octanol–water partition coefficient (Wildman–Crippen LogP) is 4.35. The third kappa shape index (κ3) is 4.87. The van der Waals surface area contributed by atoms with Crippen LogP contribution in [0.1, 0.15) is 40.6 Å². The first-order valence-corrected chi connectivity index (χ1v) is 11.0. The van der Waals surface area contributed by atoms with Gasteiger partial charge >= 0.3 is 0 Å². The Morgan fingerprint density at radius 1 is 0.970 bits per heavy atom. The average molecular weight is 448 g/mol. The van der Waals surface area contributed by atoms with Crippen molar-refractivity contribution >= 4 is 5.78 Å². The first-order chi connectivity index (χ1) is 16.0. The smallest absolute Gasteiger partial charge is 0.175 e. The van der Waals surface area contributed by atoms with Crippen LogP contribution in [0.3, 0.4) is 0 Å². The van der Waals surface area contributed by atoms with Crippen LogP contribution in [0, 0.1) is 5.92 Å². The third-order valence-electron chi connectivity index (χ3n) is 6.13. The first kappa shape index (κ1) is 22.8. The Labute approximate surface area is 194 Å². The van der Waals surface area contributed by atoms with E-state index in [2.05, 4.69) is 5.32 Å². The lowest BCUT2D eigenvalue weighted by atomic mass is 9.85. The van der Waals surface area contributed by atoms with Crippen LogP contribution < -0.4 is 19.5 Å². The van der Waals surface area contributed by atoms with Gasteiger partial charge in [0.25, 0.3) is 0 Å². The molecule has 0 bridgehead atoms. The van der Waals surface area contributed by atoms with E-state index in [4.69, 9.17) is 14.2 Å². The number of ether oxygens (including phenoxy) is 3. The minimum atomic E-state index is -0.693. The second-order valence-corrected chi connectivity index (χ2v) is 8.20. The van der Waals surface area contributed by atoms with E-state index in [1.54, 1.807) is 32.4 Å². The quantitative estimate of drug-likeness (QED) is 0.535. The number of ketones is 1. The Balaban J connectivity index is 1.59. The summed E-state index contributed by atoms with van der Waals surface area (Å²) in [5.41, 5.74) is 2.23. The van der Waals surface area contributed by atoms with Gasteiger partial charge in [0.05, 0.1) is 31.8 Å². The molecular weight excluding hydrogens is 418 g/mol. The fraction of sp³-hybridized carbons (Fsp3) is 0.296. The molecule has 4 atom stereocenters. The Kier molecular flexibility index (Phi) is 6.96. The van der Waals surface area contributed by atoms with Crippen molar-refractivity contribution in [1.29, 1.82) is 0 Å². The molecule has 3 aromatic rings. The zero-order chi connectivity index (χ0) is 23.4. The molecule has 0 amide bonds. The van der Waals surface area contributed by atoms with E-state index in [0.29, 0.717) is 23.6 Å². The number of aliphatic hydroxyl groups is 1. The zero-order valence-corrected chi connectivity index (χ0v) is 19.0. The molecule has 6 nitrogen and oxygen atoms in total. The van der Waals surface area contributed by atoms with Crippen LogP contribution in [-0.2, 0) is 0 Å². The summed E-state index contributed by atoms with van der Waals surface area (Å²) in [6, 6.07) is 22.0. The maximum absolute atomic E-state index is 13.5. The SMILES string of the molecule is COc1ccc(C2Oc3cc(OC)ccc3C(=O)C2CNC(C)C(O)c2ccccc2)cc1. The van der Waals surface area contributed by atoms with Gasteiger partial charge in [0.15, 0.2) is 5.78 Å². The maximum Gasteiger partial charge on any atom is 0.175 e. The van der Waals surface area contributed by atoms with Gasteiger partial charge in [0, 0.05) is 18.7 Å². The second kappa shape index (κ2) is 10.1. The lowest BCUT2D eigenvalue weighted by molar-refractivity contribution is 0.0621. The summed E-state index contributed by atoms with van der Waals surface area (Å²) in [6.45, 7) is 2.26. The predicted molar refractivity (Wildman–Crippen MR) is 126 cm³/mol. The van der Waals surface area contributed by atoms with E-state index in [1.165, 1.54) is 0 Å². The molecule has 172 valence electrons. The highest BCUT2D eigenvalue weighted by Gasteiger charge is 2.38. The van der Waals surface area contributed by atoms with Gasteiger partial charge in [-0.25, -0.2) is 0 Å². The summed E-state index contributed by atoms with van der Waals surface area (Å²) in [6.07, 6.45) is -1.18. The second-order valence-electron chi connectivity index (χ2n) is 8.20. The molecule has 0 aromatic heterocycles. The zero-order valence-electron chi connectivity index (χ0n) is 19.0. The minimum Gasteiger partial charge on any atom is -0.497 e. The number of carbonyl (C=O) groups excluding carboxylic acids is 1. The van der Waals surface area contributed by atoms with Crippen molar-refractivity contribution in [2.75, 3.05) is 20.8 Å². The van der Waals surface area contributed by atoms with E-state index in [-0.39, 0.29) is 11.8 Å².